The molecule has 0 amide bonds. The van der Waals surface area contributed by atoms with E-state index in [0.717, 1.165) is 0 Å². The molecule has 0 spiro atoms. The highest BCUT2D eigenvalue weighted by atomic mass is 31.2. The fraction of sp³-hybridized carbons (Fsp3) is 0.417. The quantitative estimate of drug-likeness (QED) is 0.613. The third kappa shape index (κ3) is 5.03. The van der Waals surface area contributed by atoms with Crippen molar-refractivity contribution >= 4 is 13.7 Å². The van der Waals surface area contributed by atoms with Crippen molar-refractivity contribution < 1.29 is 23.1 Å². The molecule has 1 rings (SSSR count). The lowest BCUT2D eigenvalue weighted by Gasteiger charge is -2.21. The van der Waals surface area contributed by atoms with Gasteiger partial charge in [0, 0.05) is 0 Å². The minimum Gasteiger partial charge on any atom is -0.468 e. The third-order valence-corrected chi connectivity index (χ3v) is 3.93. The second-order valence-electron chi connectivity index (χ2n) is 3.69. The van der Waals surface area contributed by atoms with Crippen LogP contribution in [0.5, 0.6) is 5.75 Å². The van der Waals surface area contributed by atoms with Crippen LogP contribution in [0.25, 0.3) is 0 Å². The predicted octanol–water partition coefficient (Wildman–Crippen LogP) is 2.36. The van der Waals surface area contributed by atoms with Crippen LogP contribution in [0.3, 0.4) is 0 Å². The van der Waals surface area contributed by atoms with Crippen LogP contribution in [0.2, 0.25) is 0 Å². The summed E-state index contributed by atoms with van der Waals surface area (Å²) in [7, 11) is -2.36. The van der Waals surface area contributed by atoms with Crippen LogP contribution < -0.4 is 9.61 Å². The summed E-state index contributed by atoms with van der Waals surface area (Å²) in [6.45, 7) is 3.39. The van der Waals surface area contributed by atoms with E-state index in [1.165, 1.54) is 14.0 Å². The second kappa shape index (κ2) is 7.28. The summed E-state index contributed by atoms with van der Waals surface area (Å²) < 4.78 is 27.4. The highest BCUT2D eigenvalue weighted by Crippen LogP contribution is 2.44. The van der Waals surface area contributed by atoms with E-state index in [9.17, 15) is 9.36 Å². The maximum absolute atomic E-state index is 12.5. The van der Waals surface area contributed by atoms with E-state index in [0.29, 0.717) is 5.75 Å². The van der Waals surface area contributed by atoms with Crippen molar-refractivity contribution in [3.05, 3.63) is 30.3 Å². The van der Waals surface area contributed by atoms with Gasteiger partial charge in [-0.1, -0.05) is 18.2 Å². The molecule has 2 atom stereocenters. The first kappa shape index (κ1) is 15.7. The van der Waals surface area contributed by atoms with Crippen molar-refractivity contribution in [2.45, 2.75) is 19.9 Å². The van der Waals surface area contributed by atoms with E-state index in [1.54, 1.807) is 31.2 Å². The number of benzene rings is 1. The fourth-order valence-corrected chi connectivity index (χ4v) is 2.85. The van der Waals surface area contributed by atoms with E-state index >= 15 is 0 Å². The number of para-hydroxylation sites is 1. The van der Waals surface area contributed by atoms with E-state index in [-0.39, 0.29) is 6.61 Å². The van der Waals surface area contributed by atoms with Gasteiger partial charge in [-0.3, -0.25) is 9.32 Å². The summed E-state index contributed by atoms with van der Waals surface area (Å²) in [6, 6.07) is 7.80. The first-order valence-corrected chi connectivity index (χ1v) is 7.40. The molecule has 0 aliphatic carbocycles. The summed E-state index contributed by atoms with van der Waals surface area (Å²) >= 11 is 0. The molecule has 1 unspecified atom stereocenters. The number of carbonyl (C=O) groups excluding carboxylic acids is 1. The highest BCUT2D eigenvalue weighted by Gasteiger charge is 2.31. The minimum absolute atomic E-state index is 0.186. The van der Waals surface area contributed by atoms with Crippen LogP contribution in [0.1, 0.15) is 13.8 Å². The van der Waals surface area contributed by atoms with Gasteiger partial charge in [-0.2, -0.15) is 5.09 Å². The van der Waals surface area contributed by atoms with Crippen LogP contribution in [-0.4, -0.2) is 25.7 Å². The molecule has 0 aliphatic heterocycles. The monoisotopic (exact) mass is 287 g/mol. The Hall–Kier alpha value is -1.36. The molecule has 0 saturated heterocycles. The Bertz CT molecular complexity index is 451. The Labute approximate surface area is 112 Å². The van der Waals surface area contributed by atoms with Gasteiger partial charge < -0.3 is 9.26 Å². The van der Waals surface area contributed by atoms with Crippen molar-refractivity contribution in [1.29, 1.82) is 0 Å². The van der Waals surface area contributed by atoms with E-state index in [1.807, 2.05) is 6.07 Å². The zero-order valence-corrected chi connectivity index (χ0v) is 12.1. The van der Waals surface area contributed by atoms with Gasteiger partial charge in [0.25, 0.3) is 0 Å². The number of carbonyl (C=O) groups is 1. The zero-order chi connectivity index (χ0) is 14.3. The summed E-state index contributed by atoms with van der Waals surface area (Å²) in [4.78, 5) is 11.3. The van der Waals surface area contributed by atoms with Gasteiger partial charge in [0.15, 0.2) is 0 Å². The van der Waals surface area contributed by atoms with Crippen LogP contribution in [-0.2, 0) is 18.6 Å². The first-order valence-electron chi connectivity index (χ1n) is 5.85. The molecule has 0 radical (unpaired) electrons. The smallest absolute Gasteiger partial charge is 0.459 e. The molecule has 1 aromatic carbocycles. The van der Waals surface area contributed by atoms with Crippen molar-refractivity contribution in [2.75, 3.05) is 13.7 Å². The summed E-state index contributed by atoms with van der Waals surface area (Å²) in [5.41, 5.74) is 0. The number of hydrogen-bond donors (Lipinski definition) is 1. The molecule has 19 heavy (non-hydrogen) atoms. The van der Waals surface area contributed by atoms with Gasteiger partial charge >= 0.3 is 13.7 Å². The molecule has 0 aromatic heterocycles. The Morgan fingerprint density at radius 2 is 2.00 bits per heavy atom. The van der Waals surface area contributed by atoms with E-state index in [4.69, 9.17) is 9.05 Å². The lowest BCUT2D eigenvalue weighted by Crippen LogP contribution is -2.34. The topological polar surface area (TPSA) is 73.9 Å². The summed E-state index contributed by atoms with van der Waals surface area (Å²) in [5.74, 6) is -0.152. The Kier molecular flexibility index (Phi) is 6.02. The van der Waals surface area contributed by atoms with Crippen LogP contribution in [0.4, 0.5) is 0 Å². The van der Waals surface area contributed by atoms with Crippen molar-refractivity contribution in [1.82, 2.24) is 5.09 Å². The highest BCUT2D eigenvalue weighted by molar-refractivity contribution is 7.52. The van der Waals surface area contributed by atoms with Gasteiger partial charge in [-0.05, 0) is 26.0 Å². The Morgan fingerprint density at radius 1 is 1.37 bits per heavy atom. The normalized spacial score (nSPS) is 15.3. The average Bonchev–Trinajstić information content (AvgIpc) is 2.38. The van der Waals surface area contributed by atoms with Crippen molar-refractivity contribution in [2.24, 2.45) is 0 Å². The maximum atomic E-state index is 12.5. The van der Waals surface area contributed by atoms with Crippen LogP contribution in [0.15, 0.2) is 30.3 Å². The number of methoxy groups -OCH3 is 1. The molecule has 6 nitrogen and oxygen atoms in total. The fourth-order valence-electron chi connectivity index (χ4n) is 1.35. The SMILES string of the molecule is CCOP(=O)(N[C@@H](C)C(=O)OC)Oc1ccccc1. The number of rotatable bonds is 7. The maximum Gasteiger partial charge on any atom is 0.459 e. The molecule has 0 fully saturated rings. The molecule has 7 heteroatoms. The molecule has 1 N–H and O–H groups in total. The summed E-state index contributed by atoms with van der Waals surface area (Å²) in [5, 5.41) is 2.53. The van der Waals surface area contributed by atoms with Crippen molar-refractivity contribution in [3.8, 4) is 5.75 Å². The molecule has 0 saturated carbocycles. The predicted molar refractivity (Wildman–Crippen MR) is 70.9 cm³/mol. The lowest BCUT2D eigenvalue weighted by molar-refractivity contribution is -0.142. The van der Waals surface area contributed by atoms with Gasteiger partial charge in [-0.15, -0.1) is 0 Å². The molecular weight excluding hydrogens is 269 g/mol. The number of esters is 1. The van der Waals surface area contributed by atoms with Crippen LogP contribution >= 0.6 is 7.75 Å². The molecule has 1 aromatic rings. The largest absolute Gasteiger partial charge is 0.468 e. The molecule has 0 heterocycles. The second-order valence-corrected chi connectivity index (χ2v) is 5.39. The Morgan fingerprint density at radius 3 is 2.53 bits per heavy atom. The number of nitrogens with one attached hydrogen (secondary N) is 1. The van der Waals surface area contributed by atoms with E-state index < -0.39 is 19.8 Å². The molecular formula is C12H18NO5P. The first-order chi connectivity index (χ1) is 9.00. The Balaban J connectivity index is 2.79. The lowest BCUT2D eigenvalue weighted by atomic mass is 10.3. The third-order valence-electron chi connectivity index (χ3n) is 2.17. The van der Waals surface area contributed by atoms with Gasteiger partial charge in [0.1, 0.15) is 11.8 Å². The van der Waals surface area contributed by atoms with Crippen LogP contribution in [0, 0.1) is 0 Å². The van der Waals surface area contributed by atoms with Gasteiger partial charge in [-0.25, -0.2) is 4.57 Å². The van der Waals surface area contributed by atoms with E-state index in [2.05, 4.69) is 9.82 Å². The molecule has 106 valence electrons. The summed E-state index contributed by atoms with van der Waals surface area (Å²) in [6.07, 6.45) is 0. The number of ether oxygens (including phenoxy) is 1. The average molecular weight is 287 g/mol. The zero-order valence-electron chi connectivity index (χ0n) is 11.2. The molecule has 0 aliphatic rings. The minimum atomic E-state index is -3.62. The van der Waals surface area contributed by atoms with Crippen molar-refractivity contribution in [3.63, 3.8) is 0 Å². The van der Waals surface area contributed by atoms with Gasteiger partial charge in [0.2, 0.25) is 0 Å². The number of hydrogen-bond acceptors (Lipinski definition) is 5. The standard InChI is InChI=1S/C12H18NO5P/c1-4-17-19(15,13-10(2)12(14)16-3)18-11-8-6-5-7-9-11/h5-10H,4H2,1-3H3,(H,13,15)/t10-,19?/m0/s1. The molecule has 0 bridgehead atoms. The van der Waals surface area contributed by atoms with Gasteiger partial charge in [0.05, 0.1) is 13.7 Å².